The fraction of sp³-hybridized carbons (Fsp3) is 0.500. The third-order valence-corrected chi connectivity index (χ3v) is 3.32. The van der Waals surface area contributed by atoms with E-state index in [1.165, 1.54) is 0 Å². The molecule has 0 fully saturated rings. The largest absolute Gasteiger partial charge is 0.383 e. The zero-order valence-electron chi connectivity index (χ0n) is 10.3. The Kier molecular flexibility index (Phi) is 5.95. The van der Waals surface area contributed by atoms with Gasteiger partial charge < -0.3 is 10.1 Å². The van der Waals surface area contributed by atoms with Crippen LogP contribution in [0, 0.1) is 0 Å². The van der Waals surface area contributed by atoms with E-state index in [0.29, 0.717) is 17.4 Å². The Hall–Kier alpha value is -0.580. The number of methoxy groups -OCH3 is 1. The number of ether oxygens (including phenoxy) is 1. The van der Waals surface area contributed by atoms with E-state index in [2.05, 4.69) is 5.32 Å². The maximum absolute atomic E-state index is 11.2. The summed E-state index contributed by atoms with van der Waals surface area (Å²) < 4.78 is 16.3. The second-order valence-corrected chi connectivity index (χ2v) is 5.87. The van der Waals surface area contributed by atoms with Gasteiger partial charge in [0.25, 0.3) is 0 Å². The normalized spacial score (nSPS) is 14.4. The summed E-state index contributed by atoms with van der Waals surface area (Å²) in [7, 11) is 0.784. The topological polar surface area (TPSA) is 38.3 Å². The molecule has 1 rings (SSSR count). The highest BCUT2D eigenvalue weighted by Gasteiger charge is 2.06. The summed E-state index contributed by atoms with van der Waals surface area (Å²) in [6.07, 6.45) is 1.67. The Bertz CT molecular complexity index is 398. The summed E-state index contributed by atoms with van der Waals surface area (Å²) in [5, 5.41) is 3.96. The molecule has 0 saturated carbocycles. The van der Waals surface area contributed by atoms with Gasteiger partial charge in [0.2, 0.25) is 0 Å². The maximum atomic E-state index is 11.2. The number of halogens is 1. The van der Waals surface area contributed by atoms with Crippen molar-refractivity contribution in [2.24, 2.45) is 0 Å². The van der Waals surface area contributed by atoms with Crippen LogP contribution in [0.15, 0.2) is 18.2 Å². The van der Waals surface area contributed by atoms with Gasteiger partial charge >= 0.3 is 0 Å². The number of anilines is 1. The molecule has 0 aliphatic heterocycles. The van der Waals surface area contributed by atoms with Crippen LogP contribution in [-0.2, 0) is 21.3 Å². The summed E-state index contributed by atoms with van der Waals surface area (Å²) >= 11 is 6.05. The van der Waals surface area contributed by atoms with Gasteiger partial charge in [0, 0.05) is 46.7 Å². The van der Waals surface area contributed by atoms with Gasteiger partial charge in [0.1, 0.15) is 0 Å². The zero-order valence-corrected chi connectivity index (χ0v) is 11.9. The number of rotatable bonds is 6. The van der Waals surface area contributed by atoms with Crippen molar-refractivity contribution < 1.29 is 8.95 Å². The molecule has 0 spiro atoms. The second-order valence-electron chi connectivity index (χ2n) is 4.02. The second kappa shape index (κ2) is 6.99. The van der Waals surface area contributed by atoms with Gasteiger partial charge in [-0.15, -0.1) is 0 Å². The third-order valence-electron chi connectivity index (χ3n) is 2.23. The van der Waals surface area contributed by atoms with E-state index >= 15 is 0 Å². The monoisotopic (exact) mass is 275 g/mol. The number of nitrogens with one attached hydrogen (secondary N) is 1. The Morgan fingerprint density at radius 1 is 1.53 bits per heavy atom. The summed E-state index contributed by atoms with van der Waals surface area (Å²) in [5.74, 6) is 0.479. The van der Waals surface area contributed by atoms with Crippen LogP contribution >= 0.6 is 11.6 Å². The van der Waals surface area contributed by atoms with Gasteiger partial charge in [-0.3, -0.25) is 4.21 Å². The molecular weight excluding hydrogens is 258 g/mol. The van der Waals surface area contributed by atoms with Crippen molar-refractivity contribution in [1.82, 2.24) is 0 Å². The number of hydrogen-bond acceptors (Lipinski definition) is 3. The van der Waals surface area contributed by atoms with Crippen molar-refractivity contribution >= 4 is 28.1 Å². The quantitative estimate of drug-likeness (QED) is 0.867. The van der Waals surface area contributed by atoms with Crippen LogP contribution in [-0.4, -0.2) is 30.2 Å². The molecule has 1 aromatic rings. The van der Waals surface area contributed by atoms with Crippen LogP contribution in [0.4, 0.5) is 5.69 Å². The van der Waals surface area contributed by atoms with Crippen molar-refractivity contribution in [2.75, 3.05) is 25.3 Å². The lowest BCUT2D eigenvalue weighted by atomic mass is 10.2. The molecule has 96 valence electrons. The van der Waals surface area contributed by atoms with Gasteiger partial charge in [0.05, 0.1) is 6.61 Å². The van der Waals surface area contributed by atoms with E-state index < -0.39 is 10.8 Å². The number of hydrogen-bond donors (Lipinski definition) is 1. The van der Waals surface area contributed by atoms with E-state index in [0.717, 1.165) is 11.3 Å². The lowest BCUT2D eigenvalue weighted by Crippen LogP contribution is -2.20. The number of benzene rings is 1. The minimum Gasteiger partial charge on any atom is -0.383 e. The van der Waals surface area contributed by atoms with Crippen molar-refractivity contribution in [3.05, 3.63) is 28.8 Å². The molecule has 0 aliphatic carbocycles. The first-order valence-electron chi connectivity index (χ1n) is 5.37. The molecule has 0 radical (unpaired) electrons. The molecule has 0 saturated heterocycles. The van der Waals surface area contributed by atoms with Gasteiger partial charge in [-0.1, -0.05) is 11.6 Å². The Labute approximate surface area is 110 Å². The van der Waals surface area contributed by atoms with Crippen LogP contribution in [0.25, 0.3) is 0 Å². The van der Waals surface area contributed by atoms with Gasteiger partial charge in [-0.05, 0) is 30.7 Å². The molecule has 0 aliphatic rings. The van der Waals surface area contributed by atoms with E-state index in [1.54, 1.807) is 13.4 Å². The average molecular weight is 276 g/mol. The van der Waals surface area contributed by atoms with Gasteiger partial charge in [0.15, 0.2) is 0 Å². The lowest BCUT2D eigenvalue weighted by molar-refractivity contribution is 0.190. The molecule has 0 unspecified atom stereocenters. The molecule has 2 atom stereocenters. The average Bonchev–Trinajstić information content (AvgIpc) is 2.22. The maximum Gasteiger partial charge on any atom is 0.0661 e. The highest BCUT2D eigenvalue weighted by Crippen LogP contribution is 2.22. The molecule has 5 heteroatoms. The van der Waals surface area contributed by atoms with E-state index in [1.807, 2.05) is 25.1 Å². The first kappa shape index (κ1) is 14.5. The van der Waals surface area contributed by atoms with Crippen molar-refractivity contribution in [2.45, 2.75) is 18.7 Å². The first-order chi connectivity index (χ1) is 8.02. The van der Waals surface area contributed by atoms with Crippen LogP contribution < -0.4 is 5.32 Å². The summed E-state index contributed by atoms with van der Waals surface area (Å²) in [6, 6.07) is 5.90. The van der Waals surface area contributed by atoms with Crippen LogP contribution in [0.5, 0.6) is 0 Å². The van der Waals surface area contributed by atoms with Gasteiger partial charge in [-0.25, -0.2) is 0 Å². The smallest absolute Gasteiger partial charge is 0.0661 e. The highest BCUT2D eigenvalue weighted by molar-refractivity contribution is 7.83. The van der Waals surface area contributed by atoms with Crippen molar-refractivity contribution in [3.8, 4) is 0 Å². The molecule has 1 N–H and O–H groups in total. The summed E-state index contributed by atoms with van der Waals surface area (Å²) in [6.45, 7) is 2.67. The lowest BCUT2D eigenvalue weighted by Gasteiger charge is -2.15. The fourth-order valence-electron chi connectivity index (χ4n) is 1.57. The predicted octanol–water partition coefficient (Wildman–Crippen LogP) is 2.67. The Balaban J connectivity index is 2.77. The molecule has 0 heterocycles. The van der Waals surface area contributed by atoms with E-state index in [4.69, 9.17) is 16.3 Å². The molecule has 0 aromatic heterocycles. The molecule has 0 bridgehead atoms. The Morgan fingerprint density at radius 3 is 2.82 bits per heavy atom. The molecular formula is C12H18ClNO2S. The summed E-state index contributed by atoms with van der Waals surface area (Å²) in [5.41, 5.74) is 1.88. The molecule has 17 heavy (non-hydrogen) atoms. The third kappa shape index (κ3) is 5.06. The van der Waals surface area contributed by atoms with Gasteiger partial charge in [-0.2, -0.15) is 0 Å². The molecule has 1 aromatic carbocycles. The van der Waals surface area contributed by atoms with E-state index in [9.17, 15) is 4.21 Å². The van der Waals surface area contributed by atoms with Crippen LogP contribution in [0.2, 0.25) is 5.02 Å². The SMILES string of the molecule is COC[C@H](C)Nc1ccc(Cl)c(C[S@](C)=O)c1. The van der Waals surface area contributed by atoms with Crippen molar-refractivity contribution in [3.63, 3.8) is 0 Å². The highest BCUT2D eigenvalue weighted by atomic mass is 35.5. The standard InChI is InChI=1S/C12H18ClNO2S/c1-9(7-16-2)14-11-4-5-12(13)10(6-11)8-17(3)15/h4-6,9,14H,7-8H2,1-3H3/t9-,17-/m0/s1. The van der Waals surface area contributed by atoms with Crippen LogP contribution in [0.1, 0.15) is 12.5 Å². The fourth-order valence-corrected chi connectivity index (χ4v) is 2.51. The Morgan fingerprint density at radius 2 is 2.24 bits per heavy atom. The van der Waals surface area contributed by atoms with E-state index in [-0.39, 0.29) is 6.04 Å². The minimum atomic E-state index is -0.888. The predicted molar refractivity (Wildman–Crippen MR) is 74.2 cm³/mol. The molecule has 3 nitrogen and oxygen atoms in total. The zero-order chi connectivity index (χ0) is 12.8. The minimum absolute atomic E-state index is 0.223. The summed E-state index contributed by atoms with van der Waals surface area (Å²) in [4.78, 5) is 0. The molecule has 0 amide bonds. The first-order valence-corrected chi connectivity index (χ1v) is 7.47. The van der Waals surface area contributed by atoms with Crippen LogP contribution in [0.3, 0.4) is 0 Å². The van der Waals surface area contributed by atoms with Crippen molar-refractivity contribution in [1.29, 1.82) is 0 Å².